The summed E-state index contributed by atoms with van der Waals surface area (Å²) in [5.74, 6) is 1.40. The summed E-state index contributed by atoms with van der Waals surface area (Å²) in [5.41, 5.74) is 3.03. The molecule has 2 heterocycles. The molecule has 0 spiro atoms. The fourth-order valence-electron chi connectivity index (χ4n) is 2.17. The fraction of sp³-hybridized carbons (Fsp3) is 0.222. The summed E-state index contributed by atoms with van der Waals surface area (Å²) in [5, 5.41) is 10.7. The van der Waals surface area contributed by atoms with E-state index in [1.54, 1.807) is 17.6 Å². The molecule has 0 bridgehead atoms. The number of hydrogen-bond donors (Lipinski definition) is 2. The molecule has 0 saturated heterocycles. The Morgan fingerprint density at radius 3 is 2.76 bits per heavy atom. The number of oxazole rings is 1. The van der Waals surface area contributed by atoms with Crippen LogP contribution in [0.3, 0.4) is 0 Å². The first kappa shape index (κ1) is 19.5. The quantitative estimate of drug-likeness (QED) is 0.322. The van der Waals surface area contributed by atoms with Crippen LogP contribution in [0, 0.1) is 0 Å². The number of nitrogens with zero attached hydrogens (tertiary/aromatic N) is 2. The maximum Gasteiger partial charge on any atom is 0.226 e. The zero-order valence-corrected chi connectivity index (χ0v) is 17.1. The van der Waals surface area contributed by atoms with Crippen molar-refractivity contribution in [3.05, 3.63) is 64.7 Å². The van der Waals surface area contributed by atoms with Gasteiger partial charge in [-0.15, -0.1) is 24.0 Å². The van der Waals surface area contributed by atoms with Crippen molar-refractivity contribution in [3.63, 3.8) is 0 Å². The topological polar surface area (TPSA) is 62.5 Å². The van der Waals surface area contributed by atoms with Crippen LogP contribution in [0.25, 0.3) is 11.5 Å². The zero-order chi connectivity index (χ0) is 16.6. The lowest BCUT2D eigenvalue weighted by atomic mass is 10.2. The van der Waals surface area contributed by atoms with E-state index < -0.39 is 0 Å². The minimum atomic E-state index is 0. The van der Waals surface area contributed by atoms with Gasteiger partial charge < -0.3 is 15.1 Å². The summed E-state index contributed by atoms with van der Waals surface area (Å²) >= 11 is 1.68. The maximum atomic E-state index is 5.55. The lowest BCUT2D eigenvalue weighted by Crippen LogP contribution is -2.36. The molecule has 0 radical (unpaired) electrons. The molecule has 0 unspecified atom stereocenters. The molecular weight excluding hydrogens is 447 g/mol. The second kappa shape index (κ2) is 10.2. The van der Waals surface area contributed by atoms with Gasteiger partial charge in [-0.05, 0) is 41.4 Å². The molecule has 3 aromatic rings. The highest BCUT2D eigenvalue weighted by molar-refractivity contribution is 14.0. The number of rotatable bonds is 6. The van der Waals surface area contributed by atoms with Gasteiger partial charge in [0, 0.05) is 12.1 Å². The van der Waals surface area contributed by atoms with Crippen LogP contribution < -0.4 is 10.6 Å². The summed E-state index contributed by atoms with van der Waals surface area (Å²) in [6, 6.07) is 12.0. The van der Waals surface area contributed by atoms with Crippen molar-refractivity contribution < 1.29 is 4.42 Å². The van der Waals surface area contributed by atoms with E-state index in [4.69, 9.17) is 4.42 Å². The summed E-state index contributed by atoms with van der Waals surface area (Å²) < 4.78 is 5.55. The van der Waals surface area contributed by atoms with Crippen molar-refractivity contribution in [3.8, 4) is 11.5 Å². The van der Waals surface area contributed by atoms with Gasteiger partial charge in [-0.25, -0.2) is 9.98 Å². The molecular formula is C18H21IN4OS. The van der Waals surface area contributed by atoms with Gasteiger partial charge in [-0.3, -0.25) is 0 Å². The molecule has 0 atom stereocenters. The molecule has 7 heteroatoms. The van der Waals surface area contributed by atoms with Crippen molar-refractivity contribution in [2.24, 2.45) is 4.99 Å². The summed E-state index contributed by atoms with van der Waals surface area (Å²) in [6.07, 6.45) is 1.68. The van der Waals surface area contributed by atoms with Crippen LogP contribution in [-0.4, -0.2) is 17.5 Å². The van der Waals surface area contributed by atoms with Crippen molar-refractivity contribution in [2.45, 2.75) is 20.0 Å². The summed E-state index contributed by atoms with van der Waals surface area (Å²) in [6.45, 7) is 4.08. The van der Waals surface area contributed by atoms with Gasteiger partial charge in [0.25, 0.3) is 0 Å². The molecule has 0 amide bonds. The van der Waals surface area contributed by atoms with Crippen molar-refractivity contribution >= 4 is 41.3 Å². The van der Waals surface area contributed by atoms with Crippen LogP contribution in [0.2, 0.25) is 0 Å². The molecule has 3 rings (SSSR count). The Labute approximate surface area is 168 Å². The van der Waals surface area contributed by atoms with Crippen LogP contribution in [0.4, 0.5) is 0 Å². The third-order valence-electron chi connectivity index (χ3n) is 3.35. The Kier molecular flexibility index (Phi) is 7.93. The van der Waals surface area contributed by atoms with Gasteiger partial charge in [-0.2, -0.15) is 11.3 Å². The number of guanidine groups is 1. The first-order chi connectivity index (χ1) is 11.8. The minimum absolute atomic E-state index is 0. The van der Waals surface area contributed by atoms with E-state index in [0.29, 0.717) is 19.0 Å². The van der Waals surface area contributed by atoms with E-state index in [2.05, 4.69) is 37.4 Å². The molecule has 0 fully saturated rings. The van der Waals surface area contributed by atoms with Crippen LogP contribution in [-0.2, 0) is 13.1 Å². The second-order valence-corrected chi connectivity index (χ2v) is 5.97. The van der Waals surface area contributed by atoms with E-state index in [0.717, 1.165) is 23.8 Å². The molecule has 5 nitrogen and oxygen atoms in total. The first-order valence-electron chi connectivity index (χ1n) is 7.88. The maximum absolute atomic E-state index is 5.55. The lowest BCUT2D eigenvalue weighted by molar-refractivity contribution is 0.572. The third-order valence-corrected chi connectivity index (χ3v) is 4.09. The summed E-state index contributed by atoms with van der Waals surface area (Å²) in [7, 11) is 0. The van der Waals surface area contributed by atoms with Crippen molar-refractivity contribution in [1.29, 1.82) is 0 Å². The SMILES string of the molecule is CCNC(=NCc1ccsc1)NCc1coc(-c2ccccc2)n1.I. The molecule has 0 aliphatic heterocycles. The molecule has 0 aliphatic rings. The highest BCUT2D eigenvalue weighted by Crippen LogP contribution is 2.17. The number of thiophene rings is 1. The Balaban J connectivity index is 0.00000225. The van der Waals surface area contributed by atoms with Crippen LogP contribution >= 0.6 is 35.3 Å². The average Bonchev–Trinajstić information content (AvgIpc) is 3.30. The largest absolute Gasteiger partial charge is 0.444 e. The van der Waals surface area contributed by atoms with Gasteiger partial charge in [0.2, 0.25) is 5.89 Å². The lowest BCUT2D eigenvalue weighted by Gasteiger charge is -2.09. The van der Waals surface area contributed by atoms with E-state index in [9.17, 15) is 0 Å². The van der Waals surface area contributed by atoms with Crippen LogP contribution in [0.15, 0.2) is 62.8 Å². The molecule has 2 N–H and O–H groups in total. The highest BCUT2D eigenvalue weighted by atomic mass is 127. The Morgan fingerprint density at radius 2 is 2.04 bits per heavy atom. The van der Waals surface area contributed by atoms with Crippen molar-refractivity contribution in [1.82, 2.24) is 15.6 Å². The average molecular weight is 468 g/mol. The Bertz CT molecular complexity index is 771. The second-order valence-electron chi connectivity index (χ2n) is 5.19. The van der Waals surface area contributed by atoms with Crippen LogP contribution in [0.1, 0.15) is 18.2 Å². The standard InChI is InChI=1S/C18H20N4OS.HI/c1-2-19-18(20-10-14-8-9-24-13-14)21-11-16-12-23-17(22-16)15-6-4-3-5-7-15;/h3-9,12-13H,2,10-11H2,1H3,(H2,19,20,21);1H. The van der Waals surface area contributed by atoms with Gasteiger partial charge in [-0.1, -0.05) is 18.2 Å². The predicted octanol–water partition coefficient (Wildman–Crippen LogP) is 4.28. The molecule has 25 heavy (non-hydrogen) atoms. The number of hydrogen-bond acceptors (Lipinski definition) is 4. The molecule has 1 aromatic carbocycles. The van der Waals surface area contributed by atoms with E-state index in [1.807, 2.05) is 37.3 Å². The fourth-order valence-corrected chi connectivity index (χ4v) is 2.83. The van der Waals surface area contributed by atoms with Gasteiger partial charge in [0.05, 0.1) is 18.8 Å². The Hall–Kier alpha value is -1.87. The van der Waals surface area contributed by atoms with Crippen LogP contribution in [0.5, 0.6) is 0 Å². The third kappa shape index (κ3) is 5.86. The first-order valence-corrected chi connectivity index (χ1v) is 8.82. The minimum Gasteiger partial charge on any atom is -0.444 e. The van der Waals surface area contributed by atoms with Crippen molar-refractivity contribution in [2.75, 3.05) is 6.54 Å². The number of aromatic nitrogens is 1. The van der Waals surface area contributed by atoms with Gasteiger partial charge >= 0.3 is 0 Å². The normalized spacial score (nSPS) is 11.0. The zero-order valence-electron chi connectivity index (χ0n) is 13.9. The van der Waals surface area contributed by atoms with E-state index >= 15 is 0 Å². The molecule has 0 saturated carbocycles. The number of halogens is 1. The number of aliphatic imine (C=N–C) groups is 1. The molecule has 0 aliphatic carbocycles. The monoisotopic (exact) mass is 468 g/mol. The smallest absolute Gasteiger partial charge is 0.226 e. The predicted molar refractivity (Wildman–Crippen MR) is 113 cm³/mol. The number of nitrogens with one attached hydrogen (secondary N) is 2. The van der Waals surface area contributed by atoms with Gasteiger partial charge in [0.1, 0.15) is 6.26 Å². The molecule has 2 aromatic heterocycles. The van der Waals surface area contributed by atoms with E-state index in [-0.39, 0.29) is 24.0 Å². The van der Waals surface area contributed by atoms with E-state index in [1.165, 1.54) is 5.56 Å². The summed E-state index contributed by atoms with van der Waals surface area (Å²) in [4.78, 5) is 9.09. The Morgan fingerprint density at radius 1 is 1.20 bits per heavy atom. The van der Waals surface area contributed by atoms with Gasteiger partial charge in [0.15, 0.2) is 5.96 Å². The highest BCUT2D eigenvalue weighted by Gasteiger charge is 2.07. The molecule has 132 valence electrons. The number of benzene rings is 1.